The van der Waals surface area contributed by atoms with E-state index >= 15 is 0 Å². The van der Waals surface area contributed by atoms with E-state index in [1.165, 1.54) is 11.1 Å². The van der Waals surface area contributed by atoms with Crippen molar-refractivity contribution in [2.45, 2.75) is 26.7 Å². The van der Waals surface area contributed by atoms with Crippen LogP contribution in [0.1, 0.15) is 24.5 Å². The number of hydrogen-bond donors (Lipinski definition) is 1. The minimum atomic E-state index is -0.418. The summed E-state index contributed by atoms with van der Waals surface area (Å²) in [4.78, 5) is 14.4. The Balaban J connectivity index is 1.91. The average molecular weight is 337 g/mol. The van der Waals surface area contributed by atoms with Gasteiger partial charge in [0.1, 0.15) is 0 Å². The Kier molecular flexibility index (Phi) is 5.33. The molecule has 5 nitrogen and oxygen atoms in total. The van der Waals surface area contributed by atoms with Crippen molar-refractivity contribution < 1.29 is 9.53 Å². The number of anilines is 2. The number of carbonyl (C=O) groups excluding carboxylic acids is 1. The summed E-state index contributed by atoms with van der Waals surface area (Å²) in [6.07, 6.45) is 1.98. The lowest BCUT2D eigenvalue weighted by atomic mass is 10.0. The molecule has 0 aliphatic carbocycles. The predicted molar refractivity (Wildman–Crippen MR) is 101 cm³/mol. The maximum Gasteiger partial charge on any atom is 0.376 e. The van der Waals surface area contributed by atoms with Gasteiger partial charge in [0, 0.05) is 12.2 Å². The molecule has 130 valence electrons. The molecular weight excluding hydrogens is 314 g/mol. The molecule has 1 aliphatic rings. The first-order valence-corrected chi connectivity index (χ1v) is 8.62. The second kappa shape index (κ2) is 7.83. The van der Waals surface area contributed by atoms with Gasteiger partial charge in [-0.1, -0.05) is 35.9 Å². The molecule has 1 aliphatic heterocycles. The van der Waals surface area contributed by atoms with Crippen LogP contribution in [0.2, 0.25) is 0 Å². The van der Waals surface area contributed by atoms with Crippen molar-refractivity contribution in [1.82, 2.24) is 0 Å². The van der Waals surface area contributed by atoms with E-state index in [-0.39, 0.29) is 5.84 Å². The van der Waals surface area contributed by atoms with Crippen LogP contribution < -0.4 is 10.3 Å². The van der Waals surface area contributed by atoms with E-state index in [1.54, 1.807) is 6.92 Å². The summed E-state index contributed by atoms with van der Waals surface area (Å²) >= 11 is 0. The first-order chi connectivity index (χ1) is 12.2. The van der Waals surface area contributed by atoms with Crippen LogP contribution in [-0.2, 0) is 16.0 Å². The molecule has 0 aromatic heterocycles. The number of ether oxygens (including phenoxy) is 1. The monoisotopic (exact) mass is 337 g/mol. The predicted octanol–water partition coefficient (Wildman–Crippen LogP) is 3.74. The van der Waals surface area contributed by atoms with Gasteiger partial charge in [0.05, 0.1) is 12.3 Å². The summed E-state index contributed by atoms with van der Waals surface area (Å²) in [7, 11) is 0. The third-order valence-corrected chi connectivity index (χ3v) is 4.17. The molecule has 1 heterocycles. The Bertz CT molecular complexity index is 769. The summed E-state index contributed by atoms with van der Waals surface area (Å²) in [6, 6.07) is 16.0. The highest BCUT2D eigenvalue weighted by Gasteiger charge is 2.26. The standard InChI is InChI=1S/C20H23N3O2/c1-3-25-20(24)19(22-21-17-12-10-15(2)11-13-17)23-14-6-8-16-7-4-5-9-18(16)23/h4-5,7,9-13,21H,3,6,8,14H2,1-2H3/b22-19-. The number of hydrazone groups is 1. The van der Waals surface area contributed by atoms with Crippen LogP contribution in [0.25, 0.3) is 0 Å². The lowest BCUT2D eigenvalue weighted by Crippen LogP contribution is -2.41. The molecular formula is C20H23N3O2. The molecule has 0 saturated heterocycles. The maximum absolute atomic E-state index is 12.5. The summed E-state index contributed by atoms with van der Waals surface area (Å²) < 4.78 is 5.23. The van der Waals surface area contributed by atoms with Gasteiger partial charge in [-0.2, -0.15) is 0 Å². The van der Waals surface area contributed by atoms with Gasteiger partial charge in [0.15, 0.2) is 0 Å². The van der Waals surface area contributed by atoms with E-state index in [1.807, 2.05) is 54.3 Å². The number of hydrogen-bond acceptors (Lipinski definition) is 4. The van der Waals surface area contributed by atoms with Gasteiger partial charge < -0.3 is 9.64 Å². The maximum atomic E-state index is 12.5. The average Bonchev–Trinajstić information content (AvgIpc) is 2.64. The Labute approximate surface area is 148 Å². The molecule has 25 heavy (non-hydrogen) atoms. The van der Waals surface area contributed by atoms with E-state index in [2.05, 4.69) is 16.6 Å². The fraction of sp³-hybridized carbons (Fsp3) is 0.300. The number of nitrogens with zero attached hydrogens (tertiary/aromatic N) is 2. The fourth-order valence-corrected chi connectivity index (χ4v) is 2.91. The van der Waals surface area contributed by atoms with Crippen LogP contribution >= 0.6 is 0 Å². The molecule has 0 amide bonds. The number of amidine groups is 1. The number of aryl methyl sites for hydroxylation is 2. The molecule has 1 N–H and O–H groups in total. The van der Waals surface area contributed by atoms with Gasteiger partial charge in [0.25, 0.3) is 0 Å². The third-order valence-electron chi connectivity index (χ3n) is 4.17. The van der Waals surface area contributed by atoms with E-state index in [9.17, 15) is 4.79 Å². The van der Waals surface area contributed by atoms with Gasteiger partial charge >= 0.3 is 5.97 Å². The van der Waals surface area contributed by atoms with Gasteiger partial charge in [0.2, 0.25) is 5.84 Å². The van der Waals surface area contributed by atoms with Crippen molar-refractivity contribution in [2.24, 2.45) is 5.10 Å². The van der Waals surface area contributed by atoms with Crippen LogP contribution in [0.15, 0.2) is 53.6 Å². The minimum absolute atomic E-state index is 0.287. The van der Waals surface area contributed by atoms with E-state index in [0.29, 0.717) is 6.61 Å². The third kappa shape index (κ3) is 3.99. The molecule has 0 spiro atoms. The minimum Gasteiger partial charge on any atom is -0.460 e. The van der Waals surface area contributed by atoms with Gasteiger partial charge in [-0.3, -0.25) is 5.43 Å². The van der Waals surface area contributed by atoms with Gasteiger partial charge in [-0.25, -0.2) is 4.79 Å². The molecule has 5 heteroatoms. The topological polar surface area (TPSA) is 53.9 Å². The lowest BCUT2D eigenvalue weighted by molar-refractivity contribution is -0.135. The second-order valence-electron chi connectivity index (χ2n) is 6.02. The normalized spacial score (nSPS) is 14.0. The van der Waals surface area contributed by atoms with Crippen LogP contribution in [0.3, 0.4) is 0 Å². The number of rotatable bonds is 3. The largest absolute Gasteiger partial charge is 0.460 e. The summed E-state index contributed by atoms with van der Waals surface area (Å²) in [5.74, 6) is -0.131. The Morgan fingerprint density at radius 2 is 1.96 bits per heavy atom. The van der Waals surface area contributed by atoms with Crippen LogP contribution in [0, 0.1) is 6.92 Å². The molecule has 0 fully saturated rings. The Hall–Kier alpha value is -2.82. The SMILES string of the molecule is CCOC(=O)/C(=N/Nc1ccc(C)cc1)N1CCCc2ccccc21. The summed E-state index contributed by atoms with van der Waals surface area (Å²) in [5.41, 5.74) is 7.23. The van der Waals surface area contributed by atoms with Crippen molar-refractivity contribution in [3.05, 3.63) is 59.7 Å². The fourth-order valence-electron chi connectivity index (χ4n) is 2.91. The zero-order valence-corrected chi connectivity index (χ0v) is 14.7. The Morgan fingerprint density at radius 3 is 2.72 bits per heavy atom. The molecule has 3 rings (SSSR count). The van der Waals surface area contributed by atoms with Crippen LogP contribution in [-0.4, -0.2) is 25.0 Å². The molecule has 0 bridgehead atoms. The molecule has 0 atom stereocenters. The first kappa shape index (κ1) is 17.0. The Morgan fingerprint density at radius 1 is 1.20 bits per heavy atom. The molecule has 2 aromatic carbocycles. The van der Waals surface area contributed by atoms with Crippen molar-refractivity contribution in [1.29, 1.82) is 0 Å². The van der Waals surface area contributed by atoms with Gasteiger partial charge in [-0.05, 0) is 50.5 Å². The van der Waals surface area contributed by atoms with E-state index in [4.69, 9.17) is 4.74 Å². The quantitative estimate of drug-likeness (QED) is 0.401. The number of carbonyl (C=O) groups is 1. The number of benzene rings is 2. The molecule has 0 saturated carbocycles. The highest BCUT2D eigenvalue weighted by molar-refractivity contribution is 6.41. The van der Waals surface area contributed by atoms with Gasteiger partial charge in [-0.15, -0.1) is 5.10 Å². The van der Waals surface area contributed by atoms with Crippen molar-refractivity contribution in [3.8, 4) is 0 Å². The van der Waals surface area contributed by atoms with Crippen LogP contribution in [0.5, 0.6) is 0 Å². The zero-order chi connectivity index (χ0) is 17.6. The zero-order valence-electron chi connectivity index (χ0n) is 14.7. The van der Waals surface area contributed by atoms with Crippen LogP contribution in [0.4, 0.5) is 11.4 Å². The highest BCUT2D eigenvalue weighted by atomic mass is 16.5. The highest BCUT2D eigenvalue weighted by Crippen LogP contribution is 2.27. The number of nitrogens with one attached hydrogen (secondary N) is 1. The second-order valence-corrected chi connectivity index (χ2v) is 6.02. The molecule has 2 aromatic rings. The van der Waals surface area contributed by atoms with E-state index in [0.717, 1.165) is 30.8 Å². The summed E-state index contributed by atoms with van der Waals surface area (Å²) in [5, 5.41) is 4.38. The smallest absolute Gasteiger partial charge is 0.376 e. The van der Waals surface area contributed by atoms with E-state index < -0.39 is 5.97 Å². The number of fused-ring (bicyclic) bond motifs is 1. The van der Waals surface area contributed by atoms with Crippen molar-refractivity contribution in [3.63, 3.8) is 0 Å². The van der Waals surface area contributed by atoms with Crippen molar-refractivity contribution >= 4 is 23.2 Å². The van der Waals surface area contributed by atoms with Crippen molar-refractivity contribution in [2.75, 3.05) is 23.5 Å². The number of para-hydroxylation sites is 1. The lowest BCUT2D eigenvalue weighted by Gasteiger charge is -2.30. The summed E-state index contributed by atoms with van der Waals surface area (Å²) in [6.45, 7) is 4.89. The molecule has 0 unspecified atom stereocenters. The first-order valence-electron chi connectivity index (χ1n) is 8.62. The number of esters is 1. The molecule has 0 radical (unpaired) electrons.